The van der Waals surface area contributed by atoms with Crippen molar-refractivity contribution in [1.82, 2.24) is 0 Å². The van der Waals surface area contributed by atoms with E-state index in [2.05, 4.69) is 31.2 Å². The second kappa shape index (κ2) is 3.89. The minimum atomic E-state index is 1.01. The smallest absolute Gasteiger partial charge is 0.0915 e. The van der Waals surface area contributed by atoms with Gasteiger partial charge in [0.1, 0.15) is 0 Å². The van der Waals surface area contributed by atoms with Gasteiger partial charge in [0.25, 0.3) is 0 Å². The summed E-state index contributed by atoms with van der Waals surface area (Å²) in [7, 11) is 0. The van der Waals surface area contributed by atoms with Crippen molar-refractivity contribution in [3.8, 4) is 6.07 Å². The van der Waals surface area contributed by atoms with Gasteiger partial charge in [0, 0.05) is 16.7 Å². The lowest BCUT2D eigenvalue weighted by Gasteiger charge is -2.19. The number of benzene rings is 1. The summed E-state index contributed by atoms with van der Waals surface area (Å²) in [6, 6.07) is 8.46. The summed E-state index contributed by atoms with van der Waals surface area (Å²) in [4.78, 5) is 1.32. The Balaban J connectivity index is 2.59. The highest BCUT2D eigenvalue weighted by Gasteiger charge is 2.15. The van der Waals surface area contributed by atoms with Crippen molar-refractivity contribution in [2.75, 3.05) is 5.75 Å². The molecular weight excluding hydrogens is 190 g/mol. The van der Waals surface area contributed by atoms with E-state index < -0.39 is 0 Å². The summed E-state index contributed by atoms with van der Waals surface area (Å²) in [5.74, 6) is 1.09. The molecule has 2 rings (SSSR count). The standard InChI is InChI=1S/C12H11NS/c1-9-3-2-4-11-12(9)10(5-7-13)6-8-14-11/h2-5H,6,8H2,1H3/b10-5-. The van der Waals surface area contributed by atoms with Crippen LogP contribution in [0.5, 0.6) is 0 Å². The Kier molecular flexibility index (Phi) is 2.60. The molecule has 1 aromatic carbocycles. The Morgan fingerprint density at radius 1 is 1.50 bits per heavy atom. The van der Waals surface area contributed by atoms with E-state index in [4.69, 9.17) is 5.26 Å². The maximum Gasteiger partial charge on any atom is 0.0915 e. The molecule has 0 unspecified atom stereocenters. The van der Waals surface area contributed by atoms with E-state index in [1.807, 2.05) is 11.8 Å². The molecule has 1 aliphatic rings. The van der Waals surface area contributed by atoms with Gasteiger partial charge in [-0.1, -0.05) is 12.1 Å². The molecule has 1 aromatic rings. The summed E-state index contributed by atoms with van der Waals surface area (Å²) in [6.07, 6.45) is 2.70. The van der Waals surface area contributed by atoms with Crippen molar-refractivity contribution in [2.45, 2.75) is 18.2 Å². The molecule has 0 N–H and O–H groups in total. The van der Waals surface area contributed by atoms with Gasteiger partial charge in [-0.05, 0) is 36.1 Å². The number of fused-ring (bicyclic) bond motifs is 1. The molecule has 0 saturated heterocycles. The van der Waals surface area contributed by atoms with Crippen LogP contribution in [-0.2, 0) is 0 Å². The SMILES string of the molecule is Cc1cccc2c1/C(=C\C#N)CCS2. The maximum atomic E-state index is 8.70. The molecular formula is C12H11NS. The Morgan fingerprint density at radius 3 is 3.14 bits per heavy atom. The van der Waals surface area contributed by atoms with Crippen molar-refractivity contribution in [1.29, 1.82) is 5.26 Å². The van der Waals surface area contributed by atoms with E-state index in [1.54, 1.807) is 6.08 Å². The van der Waals surface area contributed by atoms with Crippen molar-refractivity contribution in [3.05, 3.63) is 35.4 Å². The lowest BCUT2D eigenvalue weighted by Crippen LogP contribution is -1.99. The van der Waals surface area contributed by atoms with E-state index >= 15 is 0 Å². The summed E-state index contributed by atoms with van der Waals surface area (Å²) in [6.45, 7) is 2.11. The Morgan fingerprint density at radius 2 is 2.36 bits per heavy atom. The van der Waals surface area contributed by atoms with Crippen LogP contribution in [0.25, 0.3) is 5.57 Å². The normalized spacial score (nSPS) is 17.6. The van der Waals surface area contributed by atoms with Crippen LogP contribution in [0.2, 0.25) is 0 Å². The zero-order valence-corrected chi connectivity index (χ0v) is 8.90. The fourth-order valence-electron chi connectivity index (χ4n) is 1.79. The highest BCUT2D eigenvalue weighted by molar-refractivity contribution is 7.99. The predicted octanol–water partition coefficient (Wildman–Crippen LogP) is 3.40. The average molecular weight is 201 g/mol. The first-order valence-corrected chi connectivity index (χ1v) is 5.63. The van der Waals surface area contributed by atoms with Crippen LogP contribution in [0.15, 0.2) is 29.2 Å². The fraction of sp³-hybridized carbons (Fsp3) is 0.250. The maximum absolute atomic E-state index is 8.70. The average Bonchev–Trinajstić information content (AvgIpc) is 2.19. The molecule has 14 heavy (non-hydrogen) atoms. The lowest BCUT2D eigenvalue weighted by atomic mass is 9.98. The molecule has 2 heteroatoms. The molecule has 0 atom stereocenters. The first-order chi connectivity index (χ1) is 6.83. The zero-order valence-electron chi connectivity index (χ0n) is 8.08. The van der Waals surface area contributed by atoms with Crippen LogP contribution in [0, 0.1) is 18.3 Å². The number of rotatable bonds is 0. The molecule has 0 saturated carbocycles. The highest BCUT2D eigenvalue weighted by atomic mass is 32.2. The van der Waals surface area contributed by atoms with Gasteiger partial charge >= 0.3 is 0 Å². The number of hydrogen-bond donors (Lipinski definition) is 0. The number of thioether (sulfide) groups is 1. The van der Waals surface area contributed by atoms with E-state index in [9.17, 15) is 0 Å². The van der Waals surface area contributed by atoms with Crippen molar-refractivity contribution in [3.63, 3.8) is 0 Å². The first kappa shape index (κ1) is 9.36. The molecule has 0 aliphatic carbocycles. The first-order valence-electron chi connectivity index (χ1n) is 4.64. The van der Waals surface area contributed by atoms with Crippen LogP contribution in [0.3, 0.4) is 0 Å². The number of hydrogen-bond acceptors (Lipinski definition) is 2. The zero-order chi connectivity index (χ0) is 9.97. The third kappa shape index (κ3) is 1.56. The van der Waals surface area contributed by atoms with Gasteiger partial charge in [0.15, 0.2) is 0 Å². The number of nitriles is 1. The van der Waals surface area contributed by atoms with Gasteiger partial charge in [0.05, 0.1) is 6.07 Å². The molecule has 70 valence electrons. The summed E-state index contributed by atoms with van der Waals surface area (Å²) >= 11 is 1.88. The summed E-state index contributed by atoms with van der Waals surface area (Å²) < 4.78 is 0. The third-order valence-electron chi connectivity index (χ3n) is 2.42. The van der Waals surface area contributed by atoms with Gasteiger partial charge in [-0.25, -0.2) is 0 Å². The quantitative estimate of drug-likeness (QED) is 0.601. The van der Waals surface area contributed by atoms with Gasteiger partial charge < -0.3 is 0 Å². The predicted molar refractivity (Wildman–Crippen MR) is 60.1 cm³/mol. The number of allylic oxidation sites excluding steroid dienone is 2. The molecule has 0 fully saturated rings. The molecule has 1 nitrogen and oxygen atoms in total. The lowest BCUT2D eigenvalue weighted by molar-refractivity contribution is 1.16. The van der Waals surface area contributed by atoms with Gasteiger partial charge in [0.2, 0.25) is 0 Å². The highest BCUT2D eigenvalue weighted by Crippen LogP contribution is 2.38. The summed E-state index contributed by atoms with van der Waals surface area (Å²) in [5, 5.41) is 8.70. The molecule has 0 radical (unpaired) electrons. The summed E-state index contributed by atoms with van der Waals surface area (Å²) in [5.41, 5.74) is 3.75. The van der Waals surface area contributed by atoms with E-state index in [0.717, 1.165) is 12.2 Å². The monoisotopic (exact) mass is 201 g/mol. The van der Waals surface area contributed by atoms with E-state index in [-0.39, 0.29) is 0 Å². The van der Waals surface area contributed by atoms with Gasteiger partial charge in [-0.3, -0.25) is 0 Å². The number of nitrogens with zero attached hydrogens (tertiary/aromatic N) is 1. The Labute approximate surface area is 88.4 Å². The second-order valence-corrected chi connectivity index (χ2v) is 4.48. The molecule has 1 heterocycles. The van der Waals surface area contributed by atoms with Crippen LogP contribution in [-0.4, -0.2) is 5.75 Å². The van der Waals surface area contributed by atoms with Gasteiger partial charge in [-0.2, -0.15) is 5.26 Å². The largest absolute Gasteiger partial charge is 0.193 e. The van der Waals surface area contributed by atoms with Crippen LogP contribution < -0.4 is 0 Å². The van der Waals surface area contributed by atoms with Crippen molar-refractivity contribution >= 4 is 17.3 Å². The van der Waals surface area contributed by atoms with Crippen molar-refractivity contribution < 1.29 is 0 Å². The van der Waals surface area contributed by atoms with E-state index in [1.165, 1.54) is 21.6 Å². The van der Waals surface area contributed by atoms with Crippen LogP contribution >= 0.6 is 11.8 Å². The minimum absolute atomic E-state index is 1.01. The fourth-order valence-corrected chi connectivity index (χ4v) is 2.94. The topological polar surface area (TPSA) is 23.8 Å². The van der Waals surface area contributed by atoms with Crippen LogP contribution in [0.4, 0.5) is 0 Å². The van der Waals surface area contributed by atoms with Gasteiger partial charge in [-0.15, -0.1) is 11.8 Å². The number of aryl methyl sites for hydroxylation is 1. The minimum Gasteiger partial charge on any atom is -0.193 e. The molecule has 0 amide bonds. The molecule has 1 aliphatic heterocycles. The second-order valence-electron chi connectivity index (χ2n) is 3.35. The van der Waals surface area contributed by atoms with Crippen LogP contribution in [0.1, 0.15) is 17.5 Å². The van der Waals surface area contributed by atoms with Crippen molar-refractivity contribution in [2.24, 2.45) is 0 Å². The molecule has 0 aromatic heterocycles. The Hall–Kier alpha value is -1.20. The van der Waals surface area contributed by atoms with E-state index in [0.29, 0.717) is 0 Å². The molecule has 0 spiro atoms. The molecule has 0 bridgehead atoms. The Bertz CT molecular complexity index is 426. The third-order valence-corrected chi connectivity index (χ3v) is 3.48.